The number of unbranched alkanes of at least 4 members (excludes halogenated alkanes) is 28. The molecule has 0 saturated carbocycles. The van der Waals surface area contributed by atoms with Gasteiger partial charge in [-0.05, 0) is 12.8 Å². The van der Waals surface area contributed by atoms with E-state index in [1.807, 2.05) is 21.1 Å². The SMILES string of the molecule is CCCCCCCCCCCCCCCCCCCCCC(=O)OC(COCCCCCCCCCCCCC)COP(=O)([O-])OCC[N+](C)(C)C. The van der Waals surface area contributed by atoms with E-state index >= 15 is 0 Å². The maximum atomic E-state index is 12.7. The normalized spacial score (nSPS) is 13.7. The second-order valence-electron chi connectivity index (χ2n) is 16.4. The lowest BCUT2D eigenvalue weighted by Gasteiger charge is -2.28. The molecule has 0 bridgehead atoms. The molecule has 0 N–H and O–H groups in total. The Labute approximate surface area is 323 Å². The Bertz CT molecular complexity index is 807. The van der Waals surface area contributed by atoms with Crippen LogP contribution in [0.5, 0.6) is 0 Å². The van der Waals surface area contributed by atoms with Crippen molar-refractivity contribution in [1.29, 1.82) is 0 Å². The largest absolute Gasteiger partial charge is 0.756 e. The van der Waals surface area contributed by atoms with Gasteiger partial charge in [0.25, 0.3) is 7.82 Å². The summed E-state index contributed by atoms with van der Waals surface area (Å²) in [4.78, 5) is 25.0. The zero-order valence-corrected chi connectivity index (χ0v) is 36.2. The minimum Gasteiger partial charge on any atom is -0.756 e. The summed E-state index contributed by atoms with van der Waals surface area (Å²) in [6, 6.07) is 0. The first-order valence-corrected chi connectivity index (χ1v) is 23.7. The Hall–Kier alpha value is -0.500. The molecule has 0 saturated heterocycles. The van der Waals surface area contributed by atoms with Crippen LogP contribution in [-0.2, 0) is 27.9 Å². The quantitative estimate of drug-likeness (QED) is 0.0264. The smallest absolute Gasteiger partial charge is 0.306 e. The van der Waals surface area contributed by atoms with Crippen LogP contribution in [0.25, 0.3) is 0 Å². The molecule has 0 aliphatic heterocycles. The van der Waals surface area contributed by atoms with Crippen molar-refractivity contribution in [1.82, 2.24) is 0 Å². The fraction of sp³-hybridized carbons (Fsp3) is 0.977. The number of esters is 1. The molecule has 312 valence electrons. The van der Waals surface area contributed by atoms with Gasteiger partial charge in [0.15, 0.2) is 0 Å². The van der Waals surface area contributed by atoms with E-state index in [1.54, 1.807) is 0 Å². The van der Waals surface area contributed by atoms with Gasteiger partial charge in [0, 0.05) is 13.0 Å². The minimum atomic E-state index is -4.51. The van der Waals surface area contributed by atoms with E-state index in [4.69, 9.17) is 18.5 Å². The number of hydrogen-bond donors (Lipinski definition) is 0. The molecular formula is C43H88NO7P. The standard InChI is InChI=1S/C43H88NO7P/c1-6-8-10-12-14-16-18-19-20-21-22-23-24-25-26-28-30-32-34-36-43(45)51-42(41-50-52(46,47)49-39-37-44(3,4)5)40-48-38-35-33-31-29-27-17-15-13-11-9-7-2/h42H,6-41H2,1-5H3. The van der Waals surface area contributed by atoms with Crippen LogP contribution in [0, 0.1) is 0 Å². The summed E-state index contributed by atoms with van der Waals surface area (Å²) < 4.78 is 34.6. The van der Waals surface area contributed by atoms with Gasteiger partial charge in [0.2, 0.25) is 0 Å². The highest BCUT2D eigenvalue weighted by Gasteiger charge is 2.20. The molecule has 0 spiro atoms. The van der Waals surface area contributed by atoms with Gasteiger partial charge in [0.1, 0.15) is 19.3 Å². The summed E-state index contributed by atoms with van der Waals surface area (Å²) in [5, 5.41) is 0. The third-order valence-corrected chi connectivity index (χ3v) is 10.9. The van der Waals surface area contributed by atoms with Gasteiger partial charge in [-0.2, -0.15) is 0 Å². The van der Waals surface area contributed by atoms with Gasteiger partial charge in [-0.3, -0.25) is 9.36 Å². The van der Waals surface area contributed by atoms with E-state index in [2.05, 4.69) is 13.8 Å². The average molecular weight is 762 g/mol. The van der Waals surface area contributed by atoms with Gasteiger partial charge >= 0.3 is 5.97 Å². The maximum Gasteiger partial charge on any atom is 0.306 e. The van der Waals surface area contributed by atoms with E-state index in [0.717, 1.165) is 32.1 Å². The van der Waals surface area contributed by atoms with Crippen molar-refractivity contribution < 1.29 is 37.3 Å². The van der Waals surface area contributed by atoms with Crippen molar-refractivity contribution in [2.75, 3.05) is 54.1 Å². The second kappa shape index (κ2) is 37.4. The van der Waals surface area contributed by atoms with E-state index in [9.17, 15) is 14.3 Å². The zero-order chi connectivity index (χ0) is 38.4. The highest BCUT2D eigenvalue weighted by Crippen LogP contribution is 2.38. The number of likely N-dealkylation sites (N-methyl/N-ethyl adjacent to an activating group) is 1. The topological polar surface area (TPSA) is 94.1 Å². The van der Waals surface area contributed by atoms with E-state index in [1.165, 1.54) is 161 Å². The molecule has 0 aromatic heterocycles. The minimum absolute atomic E-state index is 0.0312. The maximum absolute atomic E-state index is 12.7. The molecule has 8 nitrogen and oxygen atoms in total. The fourth-order valence-corrected chi connectivity index (χ4v) is 7.16. The molecule has 0 radical (unpaired) electrons. The fourth-order valence-electron chi connectivity index (χ4n) is 6.43. The van der Waals surface area contributed by atoms with Crippen LogP contribution < -0.4 is 4.89 Å². The highest BCUT2D eigenvalue weighted by molar-refractivity contribution is 7.45. The molecule has 0 fully saturated rings. The van der Waals surface area contributed by atoms with Crippen LogP contribution in [-0.4, -0.2) is 70.7 Å². The van der Waals surface area contributed by atoms with E-state index in [-0.39, 0.29) is 25.8 Å². The molecule has 0 aromatic carbocycles. The highest BCUT2D eigenvalue weighted by atomic mass is 31.2. The van der Waals surface area contributed by atoms with Crippen molar-refractivity contribution in [2.24, 2.45) is 0 Å². The Balaban J connectivity index is 4.12. The van der Waals surface area contributed by atoms with Crippen molar-refractivity contribution in [3.63, 3.8) is 0 Å². The van der Waals surface area contributed by atoms with Crippen LogP contribution in [0.1, 0.15) is 213 Å². The molecule has 2 unspecified atom stereocenters. The van der Waals surface area contributed by atoms with Gasteiger partial charge in [-0.25, -0.2) is 0 Å². The van der Waals surface area contributed by atoms with Gasteiger partial charge < -0.3 is 27.9 Å². The van der Waals surface area contributed by atoms with Crippen molar-refractivity contribution in [3.8, 4) is 0 Å². The molecule has 0 heterocycles. The number of phosphoric ester groups is 1. The number of phosphoric acid groups is 1. The summed E-state index contributed by atoms with van der Waals surface area (Å²) in [5.41, 5.74) is 0. The first-order chi connectivity index (χ1) is 25.1. The molecule has 52 heavy (non-hydrogen) atoms. The molecule has 0 rings (SSSR count). The summed E-state index contributed by atoms with van der Waals surface area (Å²) >= 11 is 0. The number of carbonyl (C=O) groups is 1. The third-order valence-electron chi connectivity index (χ3n) is 9.91. The third kappa shape index (κ3) is 40.7. The van der Waals surface area contributed by atoms with Gasteiger partial charge in [-0.1, -0.05) is 194 Å². The van der Waals surface area contributed by atoms with Crippen LogP contribution in [0.4, 0.5) is 0 Å². The molecule has 0 aliphatic carbocycles. The predicted molar refractivity (Wildman–Crippen MR) is 218 cm³/mol. The Kier molecular flexibility index (Phi) is 37.1. The monoisotopic (exact) mass is 762 g/mol. The molecular weight excluding hydrogens is 673 g/mol. The summed E-state index contributed by atoms with van der Waals surface area (Å²) in [7, 11) is 1.37. The predicted octanol–water partition coefficient (Wildman–Crippen LogP) is 12.3. The number of nitrogens with zero attached hydrogens (tertiary/aromatic N) is 1. The van der Waals surface area contributed by atoms with Crippen molar-refractivity contribution in [3.05, 3.63) is 0 Å². The van der Waals surface area contributed by atoms with Gasteiger partial charge in [0.05, 0.1) is 34.4 Å². The summed E-state index contributed by atoms with van der Waals surface area (Å²) in [6.45, 7) is 5.46. The Morgan fingerprint density at radius 1 is 0.519 bits per heavy atom. The molecule has 2 atom stereocenters. The molecule has 0 aromatic rings. The lowest BCUT2D eigenvalue weighted by atomic mass is 10.0. The van der Waals surface area contributed by atoms with Crippen molar-refractivity contribution in [2.45, 2.75) is 219 Å². The van der Waals surface area contributed by atoms with E-state index in [0.29, 0.717) is 24.1 Å². The molecule has 0 amide bonds. The molecule has 0 aliphatic rings. The first-order valence-electron chi connectivity index (χ1n) is 22.3. The number of hydrogen-bond acceptors (Lipinski definition) is 7. The van der Waals surface area contributed by atoms with Gasteiger partial charge in [-0.15, -0.1) is 0 Å². The molecule has 9 heteroatoms. The van der Waals surface area contributed by atoms with Crippen LogP contribution >= 0.6 is 7.82 Å². The zero-order valence-electron chi connectivity index (χ0n) is 35.3. The van der Waals surface area contributed by atoms with Crippen molar-refractivity contribution >= 4 is 13.8 Å². The van der Waals surface area contributed by atoms with E-state index < -0.39 is 13.9 Å². The van der Waals surface area contributed by atoms with Crippen LogP contribution in [0.3, 0.4) is 0 Å². The second-order valence-corrected chi connectivity index (χ2v) is 17.8. The lowest BCUT2D eigenvalue weighted by molar-refractivity contribution is -0.870. The number of rotatable bonds is 42. The average Bonchev–Trinajstić information content (AvgIpc) is 3.09. The van der Waals surface area contributed by atoms with Crippen LogP contribution in [0.15, 0.2) is 0 Å². The summed E-state index contributed by atoms with van der Waals surface area (Å²) in [6.07, 6.45) is 38.2. The number of ether oxygens (including phenoxy) is 2. The number of quaternary nitrogens is 1. The first kappa shape index (κ1) is 51.5. The Morgan fingerprint density at radius 3 is 1.27 bits per heavy atom. The Morgan fingerprint density at radius 2 is 0.885 bits per heavy atom. The lowest BCUT2D eigenvalue weighted by Crippen LogP contribution is -2.37. The summed E-state index contributed by atoms with van der Waals surface area (Å²) in [5.74, 6) is -0.328. The number of carbonyl (C=O) groups excluding carboxylic acids is 1. The van der Waals surface area contributed by atoms with Crippen LogP contribution in [0.2, 0.25) is 0 Å².